The number of alkyl halides is 3. The highest BCUT2D eigenvalue weighted by Crippen LogP contribution is 2.22. The van der Waals surface area contributed by atoms with Gasteiger partial charge in [-0.15, -0.1) is 12.4 Å². The topological polar surface area (TPSA) is 63.3 Å². The van der Waals surface area contributed by atoms with E-state index in [1.54, 1.807) is 0 Å². The first kappa shape index (κ1) is 16.0. The highest BCUT2D eigenvalue weighted by atomic mass is 35.5. The summed E-state index contributed by atoms with van der Waals surface area (Å²) in [6.07, 6.45) is -4.27. The summed E-state index contributed by atoms with van der Waals surface area (Å²) in [7, 11) is 0. The smallest absolute Gasteiger partial charge is 0.403 e. The number of aliphatic carboxylic acids is 1. The van der Waals surface area contributed by atoms with E-state index in [4.69, 9.17) is 10.8 Å². The van der Waals surface area contributed by atoms with Crippen molar-refractivity contribution in [1.29, 1.82) is 0 Å². The largest absolute Gasteiger partial charge is 0.481 e. The fourth-order valence-electron chi connectivity index (χ4n) is 0.804. The molecule has 0 amide bonds. The Morgan fingerprint density at radius 1 is 1.36 bits per heavy atom. The number of carboxylic acids is 1. The zero-order chi connectivity index (χ0) is 10.5. The Morgan fingerprint density at radius 2 is 1.86 bits per heavy atom. The second-order valence-electron chi connectivity index (χ2n) is 2.79. The molecular weight excluding hydrogens is 223 g/mol. The van der Waals surface area contributed by atoms with Crippen LogP contribution >= 0.6 is 12.4 Å². The Labute approximate surface area is 85.9 Å². The van der Waals surface area contributed by atoms with E-state index in [-0.39, 0.29) is 38.1 Å². The molecule has 7 heteroatoms. The lowest BCUT2D eigenvalue weighted by Crippen LogP contribution is -2.37. The molecule has 0 aromatic carbocycles. The molecule has 0 radical (unpaired) electrons. The molecule has 0 heterocycles. The minimum absolute atomic E-state index is 0. The molecule has 1 unspecified atom stereocenters. The number of carbonyl (C=O) groups is 1. The molecule has 0 aliphatic rings. The SMILES string of the molecule is Cl.NC(CCCCC(=O)O)C(F)(F)F. The van der Waals surface area contributed by atoms with Crippen LogP contribution in [0.25, 0.3) is 0 Å². The average Bonchev–Trinajstić information content (AvgIpc) is 1.95. The minimum atomic E-state index is -4.37. The molecule has 0 aromatic heterocycles. The van der Waals surface area contributed by atoms with Gasteiger partial charge in [-0.2, -0.15) is 13.2 Å². The van der Waals surface area contributed by atoms with E-state index in [2.05, 4.69) is 0 Å². The van der Waals surface area contributed by atoms with Crippen LogP contribution in [-0.2, 0) is 4.79 Å². The minimum Gasteiger partial charge on any atom is -0.481 e. The van der Waals surface area contributed by atoms with Crippen molar-refractivity contribution in [2.75, 3.05) is 0 Å². The van der Waals surface area contributed by atoms with Gasteiger partial charge in [-0.1, -0.05) is 6.42 Å². The lowest BCUT2D eigenvalue weighted by atomic mass is 10.1. The first-order chi connectivity index (χ1) is 5.84. The number of carboxylic acid groups (broad SMARTS) is 1. The van der Waals surface area contributed by atoms with Crippen LogP contribution in [-0.4, -0.2) is 23.3 Å². The summed E-state index contributed by atoms with van der Waals surface area (Å²) in [5, 5.41) is 8.19. The van der Waals surface area contributed by atoms with Crippen LogP contribution in [0.3, 0.4) is 0 Å². The third kappa shape index (κ3) is 8.12. The predicted octanol–water partition coefficient (Wildman–Crippen LogP) is 1.94. The summed E-state index contributed by atoms with van der Waals surface area (Å²) >= 11 is 0. The van der Waals surface area contributed by atoms with Crippen LogP contribution < -0.4 is 5.73 Å². The van der Waals surface area contributed by atoms with Gasteiger partial charge in [0, 0.05) is 6.42 Å². The number of unbranched alkanes of at least 4 members (excludes halogenated alkanes) is 1. The third-order valence-corrected chi connectivity index (χ3v) is 1.58. The van der Waals surface area contributed by atoms with Crippen molar-refractivity contribution >= 4 is 18.4 Å². The van der Waals surface area contributed by atoms with Gasteiger partial charge in [-0.05, 0) is 12.8 Å². The van der Waals surface area contributed by atoms with E-state index in [0.717, 1.165) is 0 Å². The molecule has 0 aliphatic carbocycles. The maximum atomic E-state index is 11.8. The molecule has 0 saturated carbocycles. The van der Waals surface area contributed by atoms with E-state index in [1.165, 1.54) is 0 Å². The van der Waals surface area contributed by atoms with Crippen LogP contribution in [0.2, 0.25) is 0 Å². The number of hydrogen-bond acceptors (Lipinski definition) is 2. The van der Waals surface area contributed by atoms with Crippen molar-refractivity contribution < 1.29 is 23.1 Å². The van der Waals surface area contributed by atoms with Gasteiger partial charge in [0.15, 0.2) is 0 Å². The van der Waals surface area contributed by atoms with Gasteiger partial charge >= 0.3 is 12.1 Å². The predicted molar refractivity (Wildman–Crippen MR) is 47.4 cm³/mol. The molecule has 0 aromatic rings. The van der Waals surface area contributed by atoms with Gasteiger partial charge in [0.2, 0.25) is 0 Å². The third-order valence-electron chi connectivity index (χ3n) is 1.58. The zero-order valence-corrected chi connectivity index (χ0v) is 8.20. The summed E-state index contributed by atoms with van der Waals surface area (Å²) in [5.74, 6) is -0.999. The molecular formula is C7H13ClF3NO2. The molecule has 0 aliphatic heterocycles. The molecule has 0 saturated heterocycles. The van der Waals surface area contributed by atoms with Crippen molar-refractivity contribution in [2.45, 2.75) is 37.9 Å². The molecule has 3 N–H and O–H groups in total. The van der Waals surface area contributed by atoms with Crippen LogP contribution in [0, 0.1) is 0 Å². The molecule has 14 heavy (non-hydrogen) atoms. The summed E-state index contributed by atoms with van der Waals surface area (Å²) in [6, 6.07) is -1.83. The van der Waals surface area contributed by atoms with Crippen molar-refractivity contribution in [3.63, 3.8) is 0 Å². The summed E-state index contributed by atoms with van der Waals surface area (Å²) in [5.41, 5.74) is 4.80. The van der Waals surface area contributed by atoms with Crippen molar-refractivity contribution in [3.8, 4) is 0 Å². The zero-order valence-electron chi connectivity index (χ0n) is 7.38. The lowest BCUT2D eigenvalue weighted by Gasteiger charge is -2.14. The van der Waals surface area contributed by atoms with Gasteiger partial charge < -0.3 is 10.8 Å². The van der Waals surface area contributed by atoms with Gasteiger partial charge in [0.25, 0.3) is 0 Å². The fraction of sp³-hybridized carbons (Fsp3) is 0.857. The van der Waals surface area contributed by atoms with E-state index < -0.39 is 18.2 Å². The molecule has 0 bridgehead atoms. The summed E-state index contributed by atoms with van der Waals surface area (Å²) < 4.78 is 35.4. The molecule has 1 atom stereocenters. The van der Waals surface area contributed by atoms with Crippen molar-refractivity contribution in [1.82, 2.24) is 0 Å². The number of nitrogens with two attached hydrogens (primary N) is 1. The molecule has 86 valence electrons. The number of halogens is 4. The van der Waals surface area contributed by atoms with Gasteiger partial charge in [0.05, 0.1) is 0 Å². The van der Waals surface area contributed by atoms with E-state index in [1.807, 2.05) is 0 Å². The first-order valence-electron chi connectivity index (χ1n) is 3.88. The lowest BCUT2D eigenvalue weighted by molar-refractivity contribution is -0.149. The van der Waals surface area contributed by atoms with Crippen LogP contribution in [0.1, 0.15) is 25.7 Å². The Bertz CT molecular complexity index is 175. The van der Waals surface area contributed by atoms with E-state index >= 15 is 0 Å². The number of hydrogen-bond donors (Lipinski definition) is 2. The van der Waals surface area contributed by atoms with Gasteiger partial charge in [-0.25, -0.2) is 0 Å². The van der Waals surface area contributed by atoms with E-state index in [9.17, 15) is 18.0 Å². The maximum absolute atomic E-state index is 11.8. The standard InChI is InChI=1S/C7H12F3NO2.ClH/c8-7(9,10)5(11)3-1-2-4-6(12)13;/h5H,1-4,11H2,(H,12,13);1H. The molecule has 0 spiro atoms. The molecule has 0 fully saturated rings. The maximum Gasteiger partial charge on any atom is 0.403 e. The van der Waals surface area contributed by atoms with Crippen molar-refractivity contribution in [3.05, 3.63) is 0 Å². The summed E-state index contributed by atoms with van der Waals surface area (Å²) in [4.78, 5) is 9.99. The Kier molecular flexibility index (Phi) is 7.85. The van der Waals surface area contributed by atoms with Gasteiger partial charge in [-0.3, -0.25) is 4.79 Å². The number of rotatable bonds is 5. The van der Waals surface area contributed by atoms with Gasteiger partial charge in [0.1, 0.15) is 6.04 Å². The molecule has 3 nitrogen and oxygen atoms in total. The van der Waals surface area contributed by atoms with E-state index in [0.29, 0.717) is 0 Å². The van der Waals surface area contributed by atoms with Crippen LogP contribution in [0.15, 0.2) is 0 Å². The highest BCUT2D eigenvalue weighted by molar-refractivity contribution is 5.85. The van der Waals surface area contributed by atoms with Crippen LogP contribution in [0.5, 0.6) is 0 Å². The Hall–Kier alpha value is -0.490. The Balaban J connectivity index is 0. The quantitative estimate of drug-likeness (QED) is 0.716. The fourth-order valence-corrected chi connectivity index (χ4v) is 0.804. The van der Waals surface area contributed by atoms with Crippen molar-refractivity contribution in [2.24, 2.45) is 5.73 Å². The molecule has 0 rings (SSSR count). The second kappa shape index (κ2) is 6.89. The first-order valence-corrected chi connectivity index (χ1v) is 3.88. The highest BCUT2D eigenvalue weighted by Gasteiger charge is 2.35. The average molecular weight is 236 g/mol. The van der Waals surface area contributed by atoms with Crippen LogP contribution in [0.4, 0.5) is 13.2 Å². The monoisotopic (exact) mass is 235 g/mol. The normalized spacial score (nSPS) is 13.1. The summed E-state index contributed by atoms with van der Waals surface area (Å²) in [6.45, 7) is 0. The second-order valence-corrected chi connectivity index (χ2v) is 2.79. The Morgan fingerprint density at radius 3 is 2.21 bits per heavy atom.